The van der Waals surface area contributed by atoms with Gasteiger partial charge in [0.25, 0.3) is 0 Å². The number of furan rings is 1. The fourth-order valence-corrected chi connectivity index (χ4v) is 4.41. The molecule has 0 bridgehead atoms. The molecular weight excluding hydrogens is 382 g/mol. The van der Waals surface area contributed by atoms with Crippen LogP contribution in [-0.2, 0) is 32.6 Å². The first-order valence-electron chi connectivity index (χ1n) is 8.99. The summed E-state index contributed by atoms with van der Waals surface area (Å²) in [4.78, 5) is 25.4. The van der Waals surface area contributed by atoms with Gasteiger partial charge in [0.05, 0.1) is 17.7 Å². The van der Waals surface area contributed by atoms with Gasteiger partial charge in [-0.3, -0.25) is 9.59 Å². The van der Waals surface area contributed by atoms with Crippen molar-refractivity contribution in [1.29, 1.82) is 0 Å². The lowest BCUT2D eigenvalue weighted by Gasteiger charge is -2.20. The van der Waals surface area contributed by atoms with Gasteiger partial charge in [-0.2, -0.15) is 0 Å². The molecule has 1 aliphatic rings. The zero-order chi connectivity index (χ0) is 20.3. The van der Waals surface area contributed by atoms with Crippen LogP contribution in [0.2, 0.25) is 0 Å². The van der Waals surface area contributed by atoms with Gasteiger partial charge in [-0.15, -0.1) is 0 Å². The van der Waals surface area contributed by atoms with Crippen LogP contribution in [0.15, 0.2) is 45.9 Å². The molecule has 0 aliphatic carbocycles. The maximum absolute atomic E-state index is 12.5. The Hall–Kier alpha value is -2.65. The molecule has 2 N–H and O–H groups in total. The Labute approximate surface area is 164 Å². The van der Waals surface area contributed by atoms with Crippen molar-refractivity contribution in [3.63, 3.8) is 0 Å². The molecule has 150 valence electrons. The van der Waals surface area contributed by atoms with Crippen molar-refractivity contribution in [1.82, 2.24) is 10.0 Å². The number of nitrogens with zero attached hydrogens (tertiary/aromatic N) is 1. The van der Waals surface area contributed by atoms with Gasteiger partial charge in [-0.05, 0) is 49.2 Å². The van der Waals surface area contributed by atoms with Crippen molar-refractivity contribution in [2.45, 2.75) is 44.2 Å². The van der Waals surface area contributed by atoms with Crippen molar-refractivity contribution in [3.05, 3.63) is 47.9 Å². The molecule has 8 nitrogen and oxygen atoms in total. The van der Waals surface area contributed by atoms with Crippen LogP contribution in [0.1, 0.15) is 31.6 Å². The molecule has 1 aromatic heterocycles. The van der Waals surface area contributed by atoms with Gasteiger partial charge in [0.15, 0.2) is 0 Å². The van der Waals surface area contributed by atoms with Gasteiger partial charge in [0, 0.05) is 31.6 Å². The van der Waals surface area contributed by atoms with Crippen molar-refractivity contribution in [2.75, 3.05) is 11.4 Å². The number of benzene rings is 1. The summed E-state index contributed by atoms with van der Waals surface area (Å²) in [6.07, 6.45) is 2.14. The third kappa shape index (κ3) is 4.42. The maximum atomic E-state index is 12.5. The van der Waals surface area contributed by atoms with Gasteiger partial charge in [0.2, 0.25) is 21.8 Å². The first-order valence-corrected chi connectivity index (χ1v) is 10.5. The average Bonchev–Trinajstić information content (AvgIpc) is 3.25. The molecule has 2 amide bonds. The Kier molecular flexibility index (Phi) is 5.85. The molecule has 0 unspecified atom stereocenters. The number of hydrogen-bond donors (Lipinski definition) is 2. The van der Waals surface area contributed by atoms with Crippen molar-refractivity contribution in [3.8, 4) is 0 Å². The van der Waals surface area contributed by atoms with Crippen molar-refractivity contribution < 1.29 is 22.4 Å². The quantitative estimate of drug-likeness (QED) is 0.727. The Morgan fingerprint density at radius 1 is 1.29 bits per heavy atom. The minimum absolute atomic E-state index is 0.00345. The van der Waals surface area contributed by atoms with Crippen LogP contribution in [0.4, 0.5) is 5.69 Å². The van der Waals surface area contributed by atoms with E-state index < -0.39 is 10.0 Å². The number of nitrogens with one attached hydrogen (secondary N) is 2. The molecule has 1 aliphatic heterocycles. The first kappa shape index (κ1) is 20.1. The Balaban J connectivity index is 1.57. The highest BCUT2D eigenvalue weighted by Gasteiger charge is 2.30. The van der Waals surface area contributed by atoms with Crippen LogP contribution in [0.5, 0.6) is 0 Å². The molecule has 2 heterocycles. The number of amides is 2. The predicted molar refractivity (Wildman–Crippen MR) is 103 cm³/mol. The molecule has 28 heavy (non-hydrogen) atoms. The number of hydrogen-bond acceptors (Lipinski definition) is 5. The van der Waals surface area contributed by atoms with E-state index in [-0.39, 0.29) is 42.3 Å². The summed E-state index contributed by atoms with van der Waals surface area (Å²) in [7, 11) is -3.74. The van der Waals surface area contributed by atoms with E-state index in [2.05, 4.69) is 10.0 Å². The summed E-state index contributed by atoms with van der Waals surface area (Å²) < 4.78 is 32.6. The molecule has 0 saturated carbocycles. The third-order valence-corrected chi connectivity index (χ3v) is 6.06. The molecule has 0 fully saturated rings. The number of fused-ring (bicyclic) bond motifs is 1. The largest absolute Gasteiger partial charge is 0.467 e. The number of carbonyl (C=O) groups excluding carboxylic acids is 2. The van der Waals surface area contributed by atoms with E-state index in [0.717, 1.165) is 11.3 Å². The average molecular weight is 405 g/mol. The summed E-state index contributed by atoms with van der Waals surface area (Å²) >= 11 is 0. The molecule has 0 saturated heterocycles. The predicted octanol–water partition coefficient (Wildman–Crippen LogP) is 1.56. The molecule has 0 spiro atoms. The molecule has 2 aromatic rings. The summed E-state index contributed by atoms with van der Waals surface area (Å²) in [5.41, 5.74) is 1.57. The normalized spacial score (nSPS) is 16.1. The number of rotatable bonds is 7. The van der Waals surface area contributed by atoms with E-state index in [1.807, 2.05) is 6.92 Å². The first-order chi connectivity index (χ1) is 13.3. The Morgan fingerprint density at radius 3 is 2.75 bits per heavy atom. The molecule has 0 radical (unpaired) electrons. The smallest absolute Gasteiger partial charge is 0.240 e. The van der Waals surface area contributed by atoms with Crippen molar-refractivity contribution in [2.24, 2.45) is 0 Å². The van der Waals surface area contributed by atoms with Gasteiger partial charge in [0.1, 0.15) is 5.76 Å². The second-order valence-electron chi connectivity index (χ2n) is 6.74. The number of anilines is 1. The van der Waals surface area contributed by atoms with E-state index >= 15 is 0 Å². The lowest BCUT2D eigenvalue weighted by molar-refractivity contribution is -0.121. The Morgan fingerprint density at radius 2 is 2.07 bits per heavy atom. The van der Waals surface area contributed by atoms with Gasteiger partial charge in [-0.25, -0.2) is 13.1 Å². The molecular formula is C19H23N3O5S. The fraction of sp³-hybridized carbons (Fsp3) is 0.368. The highest BCUT2D eigenvalue weighted by Crippen LogP contribution is 2.33. The fourth-order valence-electron chi connectivity index (χ4n) is 3.32. The van der Waals surface area contributed by atoms with Crippen LogP contribution in [0.3, 0.4) is 0 Å². The maximum Gasteiger partial charge on any atom is 0.240 e. The summed E-state index contributed by atoms with van der Waals surface area (Å²) in [5, 5.41) is 2.66. The SMILES string of the molecule is CC(=O)N1c2ccc(S(=O)(=O)NCCC(=O)NCc3ccco3)cc2C[C@H]1C. The number of sulfonamides is 1. The van der Waals surface area contributed by atoms with E-state index in [1.54, 1.807) is 29.2 Å². The Bertz CT molecular complexity index is 969. The van der Waals surface area contributed by atoms with Crippen LogP contribution in [-0.4, -0.2) is 32.8 Å². The van der Waals surface area contributed by atoms with Gasteiger partial charge in [-0.1, -0.05) is 0 Å². The van der Waals surface area contributed by atoms with Crippen molar-refractivity contribution >= 4 is 27.5 Å². The van der Waals surface area contributed by atoms with Gasteiger partial charge < -0.3 is 14.6 Å². The summed E-state index contributed by atoms with van der Waals surface area (Å²) in [6.45, 7) is 3.66. The zero-order valence-electron chi connectivity index (χ0n) is 15.8. The topological polar surface area (TPSA) is 109 Å². The molecule has 9 heteroatoms. The highest BCUT2D eigenvalue weighted by molar-refractivity contribution is 7.89. The second-order valence-corrected chi connectivity index (χ2v) is 8.50. The van der Waals surface area contributed by atoms with E-state index in [0.29, 0.717) is 12.2 Å². The monoisotopic (exact) mass is 405 g/mol. The van der Waals surface area contributed by atoms with E-state index in [1.165, 1.54) is 19.3 Å². The van der Waals surface area contributed by atoms with E-state index in [4.69, 9.17) is 4.42 Å². The van der Waals surface area contributed by atoms with Gasteiger partial charge >= 0.3 is 0 Å². The molecule has 3 rings (SSSR count). The molecule has 1 atom stereocenters. The highest BCUT2D eigenvalue weighted by atomic mass is 32.2. The third-order valence-electron chi connectivity index (χ3n) is 4.60. The minimum atomic E-state index is -3.74. The van der Waals surface area contributed by atoms with Crippen LogP contribution in [0, 0.1) is 0 Å². The lowest BCUT2D eigenvalue weighted by Crippen LogP contribution is -2.33. The standard InChI is InChI=1S/C19H23N3O5S/c1-13-10-15-11-17(5-6-18(15)22(13)14(2)23)28(25,26)21-8-7-19(24)20-12-16-4-3-9-27-16/h3-6,9,11,13,21H,7-8,10,12H2,1-2H3,(H,20,24)/t13-/m1/s1. The lowest BCUT2D eigenvalue weighted by atomic mass is 10.1. The van der Waals surface area contributed by atoms with Crippen LogP contribution >= 0.6 is 0 Å². The summed E-state index contributed by atoms with van der Waals surface area (Å²) in [6, 6.07) is 8.19. The second kappa shape index (κ2) is 8.15. The van der Waals surface area contributed by atoms with E-state index in [9.17, 15) is 18.0 Å². The molecule has 1 aromatic carbocycles. The van der Waals surface area contributed by atoms with Crippen LogP contribution in [0.25, 0.3) is 0 Å². The zero-order valence-corrected chi connectivity index (χ0v) is 16.6. The minimum Gasteiger partial charge on any atom is -0.467 e. The number of carbonyl (C=O) groups is 2. The van der Waals surface area contributed by atoms with Crippen LogP contribution < -0.4 is 14.9 Å². The summed E-state index contributed by atoms with van der Waals surface area (Å²) in [5.74, 6) is 0.278.